The van der Waals surface area contributed by atoms with Crippen LogP contribution in [0.2, 0.25) is 5.02 Å². The van der Waals surface area contributed by atoms with E-state index in [1.54, 1.807) is 49.5 Å². The summed E-state index contributed by atoms with van der Waals surface area (Å²) in [7, 11) is -3.58. The van der Waals surface area contributed by atoms with Gasteiger partial charge in [-0.15, -0.1) is 0 Å². The highest BCUT2D eigenvalue weighted by Gasteiger charge is 2.23. The molecule has 0 saturated heterocycles. The number of benzene rings is 1. The van der Waals surface area contributed by atoms with Gasteiger partial charge in [-0.3, -0.25) is 9.20 Å². The number of imidazole rings is 1. The maximum Gasteiger partial charge on any atom is 0.276 e. The van der Waals surface area contributed by atoms with Crippen LogP contribution in [0.1, 0.15) is 16.1 Å². The number of sulfone groups is 1. The molecule has 0 aliphatic heterocycles. The largest absolute Gasteiger partial charge is 0.320 e. The maximum atomic E-state index is 12.6. The zero-order valence-corrected chi connectivity index (χ0v) is 14.5. The van der Waals surface area contributed by atoms with Crippen molar-refractivity contribution in [1.82, 2.24) is 9.38 Å². The Morgan fingerprint density at radius 2 is 1.96 bits per heavy atom. The van der Waals surface area contributed by atoms with Crippen LogP contribution < -0.4 is 5.32 Å². The van der Waals surface area contributed by atoms with Crippen molar-refractivity contribution in [2.45, 2.75) is 12.1 Å². The molecule has 0 fully saturated rings. The Balaban J connectivity index is 2.10. The first kappa shape index (κ1) is 16.5. The van der Waals surface area contributed by atoms with Gasteiger partial charge in [-0.25, -0.2) is 13.4 Å². The van der Waals surface area contributed by atoms with Crippen molar-refractivity contribution in [1.29, 1.82) is 0 Å². The monoisotopic (exact) mass is 363 g/mol. The summed E-state index contributed by atoms with van der Waals surface area (Å²) >= 11 is 6.05. The number of aromatic nitrogens is 2. The Morgan fingerprint density at radius 1 is 1.21 bits per heavy atom. The molecule has 0 bridgehead atoms. The number of fused-ring (bicyclic) bond motifs is 1. The lowest BCUT2D eigenvalue weighted by atomic mass is 10.2. The fourth-order valence-corrected chi connectivity index (χ4v) is 3.31. The van der Waals surface area contributed by atoms with Gasteiger partial charge in [0.25, 0.3) is 5.91 Å². The third kappa shape index (κ3) is 2.88. The summed E-state index contributed by atoms with van der Waals surface area (Å²) in [4.78, 5) is 16.6. The number of carbonyl (C=O) groups excluding carboxylic acids is 1. The summed E-state index contributed by atoms with van der Waals surface area (Å²) in [6.45, 7) is 1.78. The predicted octanol–water partition coefficient (Wildman–Crippen LogP) is 2.95. The number of pyridine rings is 1. The van der Waals surface area contributed by atoms with E-state index in [4.69, 9.17) is 11.6 Å². The Morgan fingerprint density at radius 3 is 2.67 bits per heavy atom. The first-order valence-electron chi connectivity index (χ1n) is 7.02. The SMILES string of the molecule is Cc1c(Cl)cccc1NC(=O)c1nc(S(C)(=O)=O)n2ccccc12. The third-order valence-electron chi connectivity index (χ3n) is 3.58. The number of halogens is 1. The molecule has 2 aromatic heterocycles. The molecule has 0 saturated carbocycles. The van der Waals surface area contributed by atoms with E-state index in [1.165, 1.54) is 4.40 Å². The highest BCUT2D eigenvalue weighted by Crippen LogP contribution is 2.24. The van der Waals surface area contributed by atoms with Crippen LogP contribution in [0.4, 0.5) is 5.69 Å². The minimum Gasteiger partial charge on any atom is -0.320 e. The van der Waals surface area contributed by atoms with Crippen LogP contribution in [0.3, 0.4) is 0 Å². The van der Waals surface area contributed by atoms with E-state index in [1.807, 2.05) is 0 Å². The van der Waals surface area contributed by atoms with Gasteiger partial charge in [0.15, 0.2) is 5.69 Å². The molecule has 0 radical (unpaired) electrons. The summed E-state index contributed by atoms with van der Waals surface area (Å²) < 4.78 is 25.2. The first-order chi connectivity index (χ1) is 11.3. The van der Waals surface area contributed by atoms with Crippen LogP contribution in [0.5, 0.6) is 0 Å². The average Bonchev–Trinajstić information content (AvgIpc) is 2.92. The molecular formula is C16H14ClN3O3S. The number of hydrogen-bond acceptors (Lipinski definition) is 4. The normalized spacial score (nSPS) is 11.6. The summed E-state index contributed by atoms with van der Waals surface area (Å²) in [5.74, 6) is -0.501. The van der Waals surface area contributed by atoms with E-state index in [2.05, 4.69) is 10.3 Å². The lowest BCUT2D eigenvalue weighted by Crippen LogP contribution is -2.14. The van der Waals surface area contributed by atoms with Crippen molar-refractivity contribution in [2.75, 3.05) is 11.6 Å². The quantitative estimate of drug-likeness (QED) is 0.775. The Labute approximate surface area is 144 Å². The average molecular weight is 364 g/mol. The number of nitrogens with one attached hydrogen (secondary N) is 1. The summed E-state index contributed by atoms with van der Waals surface area (Å²) in [5.41, 5.74) is 1.72. The molecule has 2 heterocycles. The highest BCUT2D eigenvalue weighted by atomic mass is 35.5. The molecule has 24 heavy (non-hydrogen) atoms. The van der Waals surface area contributed by atoms with Crippen molar-refractivity contribution >= 4 is 38.5 Å². The van der Waals surface area contributed by atoms with Gasteiger partial charge >= 0.3 is 0 Å². The van der Waals surface area contributed by atoms with Gasteiger partial charge in [-0.2, -0.15) is 0 Å². The van der Waals surface area contributed by atoms with E-state index in [-0.39, 0.29) is 10.9 Å². The summed E-state index contributed by atoms with van der Waals surface area (Å²) in [6, 6.07) is 10.2. The molecule has 1 amide bonds. The minimum absolute atomic E-state index is 0.0374. The molecule has 0 atom stereocenters. The zero-order valence-electron chi connectivity index (χ0n) is 12.9. The molecule has 124 valence electrons. The number of amides is 1. The van der Waals surface area contributed by atoms with E-state index in [0.717, 1.165) is 11.8 Å². The Hall–Kier alpha value is -2.38. The van der Waals surface area contributed by atoms with Gasteiger partial charge in [0.05, 0.1) is 5.52 Å². The van der Waals surface area contributed by atoms with Crippen molar-refractivity contribution in [2.24, 2.45) is 0 Å². The van der Waals surface area contributed by atoms with E-state index >= 15 is 0 Å². The summed E-state index contributed by atoms with van der Waals surface area (Å²) in [5, 5.41) is 3.08. The summed E-state index contributed by atoms with van der Waals surface area (Å²) in [6.07, 6.45) is 2.61. The van der Waals surface area contributed by atoms with Gasteiger partial charge in [-0.1, -0.05) is 23.7 Å². The van der Waals surface area contributed by atoms with Gasteiger partial charge < -0.3 is 5.32 Å². The second kappa shape index (κ2) is 5.92. The van der Waals surface area contributed by atoms with Crippen LogP contribution in [-0.2, 0) is 9.84 Å². The van der Waals surface area contributed by atoms with Crippen LogP contribution in [0, 0.1) is 6.92 Å². The zero-order chi connectivity index (χ0) is 17.5. The van der Waals surface area contributed by atoms with Gasteiger partial charge in [-0.05, 0) is 36.8 Å². The number of anilines is 1. The molecule has 0 unspecified atom stereocenters. The predicted molar refractivity (Wildman–Crippen MR) is 92.4 cm³/mol. The van der Waals surface area contributed by atoms with Crippen molar-refractivity contribution in [3.8, 4) is 0 Å². The Bertz CT molecular complexity index is 1060. The molecule has 1 N–H and O–H groups in total. The lowest BCUT2D eigenvalue weighted by Gasteiger charge is -2.08. The fourth-order valence-electron chi connectivity index (χ4n) is 2.36. The second-order valence-corrected chi connectivity index (χ2v) is 7.65. The van der Waals surface area contributed by atoms with Crippen molar-refractivity contribution in [3.63, 3.8) is 0 Å². The third-order valence-corrected chi connectivity index (χ3v) is 4.94. The first-order valence-corrected chi connectivity index (χ1v) is 9.29. The molecule has 3 aromatic rings. The molecule has 1 aromatic carbocycles. The lowest BCUT2D eigenvalue weighted by molar-refractivity contribution is 0.102. The van der Waals surface area contributed by atoms with E-state index in [9.17, 15) is 13.2 Å². The molecule has 8 heteroatoms. The standard InChI is InChI=1S/C16H14ClN3O3S/c1-10-11(17)6-5-7-12(10)18-15(21)14-13-8-3-4-9-20(13)16(19-14)24(2,22)23/h3-9H,1-2H3,(H,18,21). The number of nitrogens with zero attached hydrogens (tertiary/aromatic N) is 2. The topological polar surface area (TPSA) is 80.5 Å². The molecule has 6 nitrogen and oxygen atoms in total. The van der Waals surface area contributed by atoms with Crippen molar-refractivity contribution in [3.05, 3.63) is 58.9 Å². The highest BCUT2D eigenvalue weighted by molar-refractivity contribution is 7.90. The van der Waals surface area contributed by atoms with Gasteiger partial charge in [0.1, 0.15) is 0 Å². The van der Waals surface area contributed by atoms with Crippen LogP contribution in [0.25, 0.3) is 5.52 Å². The number of rotatable bonds is 3. The molecular weight excluding hydrogens is 350 g/mol. The Kier molecular flexibility index (Phi) is 4.06. The van der Waals surface area contributed by atoms with E-state index < -0.39 is 15.7 Å². The maximum absolute atomic E-state index is 12.6. The second-order valence-electron chi connectivity index (χ2n) is 5.34. The minimum atomic E-state index is -3.58. The number of hydrogen-bond donors (Lipinski definition) is 1. The fraction of sp³-hybridized carbons (Fsp3) is 0.125. The molecule has 0 spiro atoms. The van der Waals surface area contributed by atoms with Crippen LogP contribution in [0.15, 0.2) is 47.8 Å². The molecule has 0 aliphatic carbocycles. The number of carbonyl (C=O) groups is 1. The molecule has 0 aliphatic rings. The van der Waals surface area contributed by atoms with Crippen LogP contribution >= 0.6 is 11.6 Å². The molecule has 3 rings (SSSR count). The smallest absolute Gasteiger partial charge is 0.276 e. The van der Waals surface area contributed by atoms with Gasteiger partial charge in [0.2, 0.25) is 15.0 Å². The van der Waals surface area contributed by atoms with Gasteiger partial charge in [0, 0.05) is 23.2 Å². The van der Waals surface area contributed by atoms with Crippen LogP contribution in [-0.4, -0.2) is 30.0 Å². The van der Waals surface area contributed by atoms with E-state index in [0.29, 0.717) is 16.2 Å². The van der Waals surface area contributed by atoms with Crippen molar-refractivity contribution < 1.29 is 13.2 Å².